The zero-order valence-corrected chi connectivity index (χ0v) is 8.96. The van der Waals surface area contributed by atoms with Crippen LogP contribution in [0.15, 0.2) is 16.5 Å². The fourth-order valence-corrected chi connectivity index (χ4v) is 1.55. The number of furan rings is 1. The van der Waals surface area contributed by atoms with Gasteiger partial charge in [0.25, 0.3) is 0 Å². The number of methoxy groups -OCH3 is 1. The van der Waals surface area contributed by atoms with Gasteiger partial charge >= 0.3 is 12.1 Å². The van der Waals surface area contributed by atoms with Gasteiger partial charge in [-0.05, 0) is 0 Å². The van der Waals surface area contributed by atoms with E-state index in [1.807, 2.05) is 0 Å². The van der Waals surface area contributed by atoms with Crippen LogP contribution in [0.25, 0.3) is 11.1 Å². The molecule has 0 radical (unpaired) electrons. The summed E-state index contributed by atoms with van der Waals surface area (Å²) in [6, 6.07) is 2.07. The summed E-state index contributed by atoms with van der Waals surface area (Å²) in [5.41, 5.74) is 0.327. The predicted molar refractivity (Wildman–Crippen MR) is 51.5 cm³/mol. The summed E-state index contributed by atoms with van der Waals surface area (Å²) >= 11 is 0. The van der Waals surface area contributed by atoms with E-state index in [0.717, 1.165) is 6.07 Å². The Morgan fingerprint density at radius 3 is 2.53 bits per heavy atom. The first-order chi connectivity index (χ1) is 7.84. The second kappa shape index (κ2) is 3.54. The van der Waals surface area contributed by atoms with Crippen LogP contribution in [0.5, 0.6) is 0 Å². The number of aryl methyl sites for hydroxylation is 1. The zero-order valence-electron chi connectivity index (χ0n) is 8.96. The average Bonchev–Trinajstić information content (AvgIpc) is 2.77. The van der Waals surface area contributed by atoms with E-state index in [0.29, 0.717) is 0 Å². The number of carbonyl (C=O) groups excluding carboxylic acids is 1. The molecular weight excluding hydrogens is 239 g/mol. The molecule has 0 bridgehead atoms. The Morgan fingerprint density at radius 1 is 1.41 bits per heavy atom. The number of alkyl halides is 3. The zero-order chi connectivity index (χ0) is 12.8. The molecule has 2 rings (SSSR count). The van der Waals surface area contributed by atoms with E-state index >= 15 is 0 Å². The van der Waals surface area contributed by atoms with Crippen molar-refractivity contribution in [3.05, 3.63) is 23.6 Å². The molecule has 0 spiro atoms. The van der Waals surface area contributed by atoms with Crippen molar-refractivity contribution in [2.24, 2.45) is 7.05 Å². The first-order valence-electron chi connectivity index (χ1n) is 4.59. The van der Waals surface area contributed by atoms with Crippen molar-refractivity contribution in [3.8, 4) is 0 Å². The maximum atomic E-state index is 12.4. The van der Waals surface area contributed by atoms with E-state index in [1.54, 1.807) is 0 Å². The molecule has 0 saturated heterocycles. The van der Waals surface area contributed by atoms with Crippen LogP contribution in [0, 0.1) is 0 Å². The summed E-state index contributed by atoms with van der Waals surface area (Å²) in [5, 5.41) is 0. The lowest BCUT2D eigenvalue weighted by Gasteiger charge is -2.01. The van der Waals surface area contributed by atoms with Crippen molar-refractivity contribution in [1.82, 2.24) is 4.57 Å². The minimum absolute atomic E-state index is 0.000208. The smallest absolute Gasteiger partial charge is 0.449 e. The highest BCUT2D eigenvalue weighted by atomic mass is 19.4. The van der Waals surface area contributed by atoms with Crippen molar-refractivity contribution in [2.75, 3.05) is 7.11 Å². The summed E-state index contributed by atoms with van der Waals surface area (Å²) in [6.07, 6.45) is -4.54. The lowest BCUT2D eigenvalue weighted by atomic mass is 10.4. The maximum absolute atomic E-state index is 12.4. The van der Waals surface area contributed by atoms with E-state index in [9.17, 15) is 18.0 Å². The number of fused-ring (bicyclic) bond motifs is 1. The minimum atomic E-state index is -4.54. The van der Waals surface area contributed by atoms with E-state index in [1.165, 1.54) is 24.8 Å². The monoisotopic (exact) mass is 247 g/mol. The second-order valence-electron chi connectivity index (χ2n) is 3.44. The van der Waals surface area contributed by atoms with Crippen LogP contribution < -0.4 is 0 Å². The largest absolute Gasteiger partial charge is 0.464 e. The highest BCUT2D eigenvalue weighted by molar-refractivity contribution is 5.94. The van der Waals surface area contributed by atoms with E-state index < -0.39 is 17.9 Å². The van der Waals surface area contributed by atoms with Gasteiger partial charge in [-0.3, -0.25) is 0 Å². The summed E-state index contributed by atoms with van der Waals surface area (Å²) in [5.74, 6) is -1.72. The van der Waals surface area contributed by atoms with Crippen LogP contribution in [-0.4, -0.2) is 17.6 Å². The molecule has 0 fully saturated rings. The molecule has 2 heterocycles. The summed E-state index contributed by atoms with van der Waals surface area (Å²) in [7, 11) is 2.66. The fourth-order valence-electron chi connectivity index (χ4n) is 1.55. The van der Waals surface area contributed by atoms with Crippen LogP contribution in [0.1, 0.15) is 16.2 Å². The van der Waals surface area contributed by atoms with Crippen molar-refractivity contribution < 1.29 is 27.1 Å². The third-order valence-electron chi connectivity index (χ3n) is 2.40. The number of carbonyl (C=O) groups is 1. The van der Waals surface area contributed by atoms with Gasteiger partial charge in [0, 0.05) is 19.2 Å². The number of halogens is 3. The van der Waals surface area contributed by atoms with Gasteiger partial charge in [-0.2, -0.15) is 13.2 Å². The topological polar surface area (TPSA) is 44.4 Å². The first kappa shape index (κ1) is 11.6. The lowest BCUT2D eigenvalue weighted by molar-refractivity contribution is -0.152. The third-order valence-corrected chi connectivity index (χ3v) is 2.40. The Morgan fingerprint density at radius 2 is 2.06 bits per heavy atom. The van der Waals surface area contributed by atoms with E-state index in [2.05, 4.69) is 9.15 Å². The molecule has 4 nitrogen and oxygen atoms in total. The number of rotatable bonds is 1. The fraction of sp³-hybridized carbons (Fsp3) is 0.300. The number of aromatic nitrogens is 1. The van der Waals surface area contributed by atoms with Gasteiger partial charge in [0.05, 0.1) is 12.6 Å². The molecule has 0 saturated carbocycles. The average molecular weight is 247 g/mol. The minimum Gasteiger partial charge on any atom is -0.464 e. The first-order valence-corrected chi connectivity index (χ1v) is 4.59. The van der Waals surface area contributed by atoms with Gasteiger partial charge < -0.3 is 13.7 Å². The Hall–Kier alpha value is -1.92. The maximum Gasteiger partial charge on any atom is 0.449 e. The quantitative estimate of drug-likeness (QED) is 0.727. The molecule has 0 unspecified atom stereocenters. The Balaban J connectivity index is 2.57. The second-order valence-corrected chi connectivity index (χ2v) is 3.44. The summed E-state index contributed by atoms with van der Waals surface area (Å²) in [4.78, 5) is 11.3. The molecule has 0 aliphatic carbocycles. The van der Waals surface area contributed by atoms with Crippen LogP contribution in [0.3, 0.4) is 0 Å². The van der Waals surface area contributed by atoms with Gasteiger partial charge in [0.2, 0.25) is 5.76 Å². The third kappa shape index (κ3) is 1.77. The standard InChI is InChI=1S/C10H8F3NO3/c1-14-5-4-8(10(11,12)13)17-7(5)3-6(14)9(15)16-2/h3-4H,1-2H3. The molecule has 17 heavy (non-hydrogen) atoms. The van der Waals surface area contributed by atoms with Crippen LogP contribution in [0.2, 0.25) is 0 Å². The van der Waals surface area contributed by atoms with Crippen molar-refractivity contribution in [2.45, 2.75) is 6.18 Å². The lowest BCUT2D eigenvalue weighted by Crippen LogP contribution is -2.07. The summed E-state index contributed by atoms with van der Waals surface area (Å²) in [6.45, 7) is 0. The van der Waals surface area contributed by atoms with Gasteiger partial charge in [0.1, 0.15) is 5.69 Å². The number of hydrogen-bond donors (Lipinski definition) is 0. The van der Waals surface area contributed by atoms with Crippen molar-refractivity contribution >= 4 is 17.1 Å². The number of nitrogens with zero attached hydrogens (tertiary/aromatic N) is 1. The van der Waals surface area contributed by atoms with Gasteiger partial charge in [-0.25, -0.2) is 4.79 Å². The number of hydrogen-bond acceptors (Lipinski definition) is 3. The number of esters is 1. The molecular formula is C10H8F3NO3. The van der Waals surface area contributed by atoms with Crippen molar-refractivity contribution in [1.29, 1.82) is 0 Å². The molecule has 0 aliphatic rings. The van der Waals surface area contributed by atoms with Crippen LogP contribution in [-0.2, 0) is 18.0 Å². The molecule has 0 aromatic carbocycles. The van der Waals surface area contributed by atoms with Crippen LogP contribution >= 0.6 is 0 Å². The molecule has 0 aliphatic heterocycles. The predicted octanol–water partition coefficient (Wildman–Crippen LogP) is 2.58. The SMILES string of the molecule is COC(=O)c1cc2oc(C(F)(F)F)cc2n1C. The highest BCUT2D eigenvalue weighted by Gasteiger charge is 2.36. The molecule has 0 amide bonds. The molecule has 0 N–H and O–H groups in total. The van der Waals surface area contributed by atoms with E-state index in [4.69, 9.17) is 0 Å². The molecule has 7 heteroatoms. The van der Waals surface area contributed by atoms with E-state index in [-0.39, 0.29) is 16.8 Å². The Labute approximate surface area is 93.6 Å². The molecule has 2 aromatic heterocycles. The Kier molecular flexibility index (Phi) is 2.41. The van der Waals surface area contributed by atoms with Gasteiger partial charge in [0.15, 0.2) is 5.58 Å². The Bertz CT molecular complexity index is 579. The van der Waals surface area contributed by atoms with Crippen molar-refractivity contribution in [3.63, 3.8) is 0 Å². The number of ether oxygens (including phenoxy) is 1. The highest BCUT2D eigenvalue weighted by Crippen LogP contribution is 2.34. The summed E-state index contributed by atoms with van der Waals surface area (Å²) < 4.78 is 47.5. The van der Waals surface area contributed by atoms with Gasteiger partial charge in [-0.1, -0.05) is 0 Å². The molecule has 2 aromatic rings. The molecule has 0 atom stereocenters. The van der Waals surface area contributed by atoms with Gasteiger partial charge in [-0.15, -0.1) is 0 Å². The van der Waals surface area contributed by atoms with Crippen LogP contribution in [0.4, 0.5) is 13.2 Å². The normalized spacial score (nSPS) is 12.1. The molecule has 92 valence electrons.